The molecule has 0 heterocycles. The molecule has 25 heavy (non-hydrogen) atoms. The number of aliphatic hydroxyl groups is 1. The predicted molar refractivity (Wildman–Crippen MR) is 84.4 cm³/mol. The van der Waals surface area contributed by atoms with E-state index in [1.807, 2.05) is 0 Å². The minimum Gasteiger partial charge on any atom is -0.508 e. The normalized spacial score (nSPS) is 11.4. The van der Waals surface area contributed by atoms with Crippen molar-refractivity contribution in [3.63, 3.8) is 0 Å². The molecule has 138 valence electrons. The van der Waals surface area contributed by atoms with Gasteiger partial charge in [-0.2, -0.15) is 0 Å². The third-order valence-corrected chi connectivity index (χ3v) is 2.96. The number of carbonyl (C=O) groups excluding carboxylic acids is 3. The Morgan fingerprint density at radius 1 is 1.12 bits per heavy atom. The molecule has 0 fully saturated rings. The maximum atomic E-state index is 12.0. The van der Waals surface area contributed by atoms with Crippen LogP contribution >= 0.6 is 0 Å². The molecule has 0 aliphatic carbocycles. The summed E-state index contributed by atoms with van der Waals surface area (Å²) >= 11 is 0. The van der Waals surface area contributed by atoms with Crippen LogP contribution in [-0.2, 0) is 35.0 Å². The van der Waals surface area contributed by atoms with Gasteiger partial charge in [-0.05, 0) is 24.6 Å². The average molecular weight is 355 g/mol. The van der Waals surface area contributed by atoms with E-state index in [0.717, 1.165) is 0 Å². The number of ether oxygens (including phenoxy) is 3. The molecule has 0 bridgehead atoms. The summed E-state index contributed by atoms with van der Waals surface area (Å²) in [6.07, 6.45) is 0.164. The van der Waals surface area contributed by atoms with Gasteiger partial charge in [0.15, 0.2) is 6.79 Å². The van der Waals surface area contributed by atoms with Crippen LogP contribution in [0.25, 0.3) is 0 Å². The Labute approximate surface area is 144 Å². The number of hydrogen-bond acceptors (Lipinski definition) is 8. The van der Waals surface area contributed by atoms with Crippen molar-refractivity contribution in [2.24, 2.45) is 0 Å². The van der Waals surface area contributed by atoms with Crippen molar-refractivity contribution >= 4 is 17.8 Å². The van der Waals surface area contributed by atoms with Crippen LogP contribution in [0.15, 0.2) is 24.3 Å². The minimum absolute atomic E-state index is 0.0867. The quantitative estimate of drug-likeness (QED) is 0.378. The lowest BCUT2D eigenvalue weighted by Crippen LogP contribution is -2.45. The van der Waals surface area contributed by atoms with Gasteiger partial charge in [0.25, 0.3) is 0 Å². The van der Waals surface area contributed by atoms with Gasteiger partial charge in [0.2, 0.25) is 5.91 Å². The van der Waals surface area contributed by atoms with Gasteiger partial charge in [0.1, 0.15) is 25.0 Å². The number of aliphatic hydroxyl groups excluding tert-OH is 1. The zero-order valence-electron chi connectivity index (χ0n) is 13.8. The number of phenols is 1. The van der Waals surface area contributed by atoms with Crippen LogP contribution in [0, 0.1) is 0 Å². The van der Waals surface area contributed by atoms with E-state index >= 15 is 0 Å². The molecule has 0 spiro atoms. The molecule has 0 aromatic heterocycles. The monoisotopic (exact) mass is 355 g/mol. The fraction of sp³-hybridized carbons (Fsp3) is 0.438. The van der Waals surface area contributed by atoms with Crippen LogP contribution in [0.4, 0.5) is 0 Å². The van der Waals surface area contributed by atoms with Crippen molar-refractivity contribution < 1.29 is 38.8 Å². The van der Waals surface area contributed by atoms with Gasteiger partial charge >= 0.3 is 11.9 Å². The highest BCUT2D eigenvalue weighted by molar-refractivity contribution is 5.85. The Balaban J connectivity index is 2.57. The van der Waals surface area contributed by atoms with E-state index in [1.165, 1.54) is 12.1 Å². The Morgan fingerprint density at radius 3 is 2.40 bits per heavy atom. The molecule has 3 N–H and O–H groups in total. The Bertz CT molecular complexity index is 572. The predicted octanol–water partition coefficient (Wildman–Crippen LogP) is -0.508. The van der Waals surface area contributed by atoms with Crippen molar-refractivity contribution in [2.75, 3.05) is 26.6 Å². The first-order chi connectivity index (χ1) is 12.0. The number of hydrogen-bond donors (Lipinski definition) is 3. The fourth-order valence-electron chi connectivity index (χ4n) is 1.88. The van der Waals surface area contributed by atoms with E-state index in [2.05, 4.69) is 10.1 Å². The number of carbonyl (C=O) groups is 3. The molecule has 1 unspecified atom stereocenters. The standard InChI is InChI=1S/C16H21NO8/c1-2-24-16(22)13(7-11-3-5-12(19)6-4-11)17-14(20)8-23-9-15(21)25-10-18/h3-6,13,18-19H,2,7-10H2,1H3,(H,17,20). The van der Waals surface area contributed by atoms with Gasteiger partial charge in [-0.1, -0.05) is 12.1 Å². The molecule has 9 nitrogen and oxygen atoms in total. The molecule has 0 aliphatic heterocycles. The average Bonchev–Trinajstić information content (AvgIpc) is 2.56. The molecule has 1 aromatic rings. The first kappa shape index (κ1) is 20.4. The highest BCUT2D eigenvalue weighted by Gasteiger charge is 2.22. The Morgan fingerprint density at radius 2 is 1.80 bits per heavy atom. The summed E-state index contributed by atoms with van der Waals surface area (Å²) in [6.45, 7) is 0.0610. The van der Waals surface area contributed by atoms with Crippen LogP contribution in [0.2, 0.25) is 0 Å². The maximum absolute atomic E-state index is 12.0. The topological polar surface area (TPSA) is 131 Å². The van der Waals surface area contributed by atoms with Gasteiger partial charge < -0.3 is 29.7 Å². The third-order valence-electron chi connectivity index (χ3n) is 2.96. The number of amides is 1. The van der Waals surface area contributed by atoms with E-state index in [4.69, 9.17) is 14.6 Å². The molecule has 1 aromatic carbocycles. The van der Waals surface area contributed by atoms with E-state index in [0.29, 0.717) is 5.56 Å². The van der Waals surface area contributed by atoms with E-state index in [-0.39, 0.29) is 18.8 Å². The van der Waals surface area contributed by atoms with Crippen molar-refractivity contribution in [1.82, 2.24) is 5.32 Å². The minimum atomic E-state index is -0.940. The maximum Gasteiger partial charge on any atom is 0.334 e. The van der Waals surface area contributed by atoms with E-state index in [1.54, 1.807) is 19.1 Å². The van der Waals surface area contributed by atoms with E-state index in [9.17, 15) is 19.5 Å². The molecular formula is C16H21NO8. The summed E-state index contributed by atoms with van der Waals surface area (Å²) < 4.78 is 14.0. The first-order valence-corrected chi connectivity index (χ1v) is 7.54. The zero-order valence-corrected chi connectivity index (χ0v) is 13.8. The summed E-state index contributed by atoms with van der Waals surface area (Å²) in [7, 11) is 0. The molecule has 1 amide bonds. The highest BCUT2D eigenvalue weighted by Crippen LogP contribution is 2.12. The molecule has 0 radical (unpaired) electrons. The molecule has 0 saturated carbocycles. The molecule has 0 saturated heterocycles. The van der Waals surface area contributed by atoms with E-state index < -0.39 is 43.9 Å². The second-order valence-electron chi connectivity index (χ2n) is 4.88. The number of phenolic OH excluding ortho intramolecular Hbond substituents is 1. The van der Waals surface area contributed by atoms with Crippen molar-refractivity contribution in [3.8, 4) is 5.75 Å². The van der Waals surface area contributed by atoms with Crippen LogP contribution in [-0.4, -0.2) is 60.7 Å². The molecule has 1 atom stereocenters. The van der Waals surface area contributed by atoms with Gasteiger partial charge in [-0.25, -0.2) is 9.59 Å². The zero-order chi connectivity index (χ0) is 18.7. The fourth-order valence-corrected chi connectivity index (χ4v) is 1.88. The second kappa shape index (κ2) is 11.0. The lowest BCUT2D eigenvalue weighted by Gasteiger charge is -2.17. The van der Waals surface area contributed by atoms with Crippen molar-refractivity contribution in [1.29, 1.82) is 0 Å². The smallest absolute Gasteiger partial charge is 0.334 e. The summed E-state index contributed by atoms with van der Waals surface area (Å²) in [5.41, 5.74) is 0.712. The molecule has 0 aliphatic rings. The number of rotatable bonds is 10. The molecular weight excluding hydrogens is 334 g/mol. The Hall–Kier alpha value is -2.65. The second-order valence-corrected chi connectivity index (χ2v) is 4.88. The number of nitrogens with one attached hydrogen (secondary N) is 1. The Kier molecular flexibility index (Phi) is 8.97. The van der Waals surface area contributed by atoms with Gasteiger partial charge in [-0.3, -0.25) is 4.79 Å². The largest absolute Gasteiger partial charge is 0.508 e. The SMILES string of the molecule is CCOC(=O)C(Cc1ccc(O)cc1)NC(=O)COCC(=O)OCO. The van der Waals surface area contributed by atoms with Crippen molar-refractivity contribution in [2.45, 2.75) is 19.4 Å². The van der Waals surface area contributed by atoms with Gasteiger partial charge in [-0.15, -0.1) is 0 Å². The number of esters is 2. The van der Waals surface area contributed by atoms with Crippen LogP contribution < -0.4 is 5.32 Å². The summed E-state index contributed by atoms with van der Waals surface area (Å²) in [5, 5.41) is 20.1. The summed E-state index contributed by atoms with van der Waals surface area (Å²) in [6, 6.07) is 5.24. The highest BCUT2D eigenvalue weighted by atomic mass is 16.6. The lowest BCUT2D eigenvalue weighted by molar-refractivity contribution is -0.158. The van der Waals surface area contributed by atoms with Crippen LogP contribution in [0.5, 0.6) is 5.75 Å². The summed E-state index contributed by atoms with van der Waals surface area (Å²) in [4.78, 5) is 34.8. The third kappa shape index (κ3) is 8.13. The lowest BCUT2D eigenvalue weighted by atomic mass is 10.1. The molecule has 1 rings (SSSR count). The number of aromatic hydroxyl groups is 1. The number of benzene rings is 1. The summed E-state index contributed by atoms with van der Waals surface area (Å²) in [5.74, 6) is -1.96. The van der Waals surface area contributed by atoms with Crippen LogP contribution in [0.1, 0.15) is 12.5 Å². The molecule has 9 heteroatoms. The van der Waals surface area contributed by atoms with Crippen LogP contribution in [0.3, 0.4) is 0 Å². The van der Waals surface area contributed by atoms with Crippen molar-refractivity contribution in [3.05, 3.63) is 29.8 Å². The van der Waals surface area contributed by atoms with Gasteiger partial charge in [0, 0.05) is 6.42 Å². The first-order valence-electron chi connectivity index (χ1n) is 7.54. The van der Waals surface area contributed by atoms with Gasteiger partial charge in [0.05, 0.1) is 6.61 Å².